The van der Waals surface area contributed by atoms with E-state index in [0.717, 1.165) is 31.4 Å². The molecule has 0 radical (unpaired) electrons. The Morgan fingerprint density at radius 3 is 2.68 bits per heavy atom. The topological polar surface area (TPSA) is 128 Å². The minimum absolute atomic E-state index is 0.0277. The number of anilines is 2. The predicted octanol–water partition coefficient (Wildman–Crippen LogP) is 4.16. The van der Waals surface area contributed by atoms with Gasteiger partial charge in [-0.3, -0.25) is 4.79 Å². The summed E-state index contributed by atoms with van der Waals surface area (Å²) in [7, 11) is 1.60. The lowest BCUT2D eigenvalue weighted by Gasteiger charge is -2.28. The Morgan fingerprint density at radius 1 is 1.12 bits per heavy atom. The van der Waals surface area contributed by atoms with Gasteiger partial charge < -0.3 is 25.5 Å². The Hall–Kier alpha value is -4.14. The molecule has 2 aromatic carbocycles. The van der Waals surface area contributed by atoms with Crippen LogP contribution in [0.2, 0.25) is 0 Å². The third-order valence-electron chi connectivity index (χ3n) is 6.35. The first kappa shape index (κ1) is 21.7. The minimum Gasteiger partial charge on any atom is -0.508 e. The van der Waals surface area contributed by atoms with E-state index in [2.05, 4.69) is 15.3 Å². The molecule has 34 heavy (non-hydrogen) atoms. The molecule has 5 rings (SSSR count). The fraction of sp³-hybridized carbons (Fsp3) is 0.280. The van der Waals surface area contributed by atoms with Crippen molar-refractivity contribution in [3.05, 3.63) is 54.9 Å². The van der Waals surface area contributed by atoms with Crippen molar-refractivity contribution in [3.63, 3.8) is 0 Å². The van der Waals surface area contributed by atoms with Crippen LogP contribution in [0.3, 0.4) is 0 Å². The van der Waals surface area contributed by atoms with Gasteiger partial charge in [-0.25, -0.2) is 15.0 Å². The smallest absolute Gasteiger partial charge is 0.227 e. The van der Waals surface area contributed by atoms with E-state index in [0.29, 0.717) is 34.1 Å². The molecule has 0 unspecified atom stereocenters. The summed E-state index contributed by atoms with van der Waals surface area (Å²) in [6, 6.07) is 14.3. The number of amides is 1. The van der Waals surface area contributed by atoms with Gasteiger partial charge in [0.15, 0.2) is 17.3 Å². The Labute approximate surface area is 196 Å². The number of imidazole rings is 1. The summed E-state index contributed by atoms with van der Waals surface area (Å²) in [5.41, 5.74) is 8.81. The van der Waals surface area contributed by atoms with Crippen molar-refractivity contribution in [1.29, 1.82) is 0 Å². The molecule has 1 aliphatic rings. The van der Waals surface area contributed by atoms with E-state index in [1.807, 2.05) is 34.9 Å². The van der Waals surface area contributed by atoms with Crippen molar-refractivity contribution in [2.75, 3.05) is 18.2 Å². The number of nitrogen functional groups attached to an aromatic ring is 1. The Morgan fingerprint density at radius 2 is 1.91 bits per heavy atom. The SMILES string of the molecule is COc1cccc(NC(=O)[C@H]2CC[C@@H](n3cnc4c(N)nc(-c5cccc(O)c5)nc43)CC2)c1. The first-order chi connectivity index (χ1) is 16.5. The lowest BCUT2D eigenvalue weighted by atomic mass is 9.85. The fourth-order valence-electron chi connectivity index (χ4n) is 4.54. The fourth-order valence-corrected chi connectivity index (χ4v) is 4.54. The number of benzene rings is 2. The molecule has 0 atom stereocenters. The third kappa shape index (κ3) is 4.24. The van der Waals surface area contributed by atoms with Crippen molar-refractivity contribution in [2.24, 2.45) is 5.92 Å². The number of phenols is 1. The number of carbonyl (C=O) groups excluding carboxylic acids is 1. The highest BCUT2D eigenvalue weighted by molar-refractivity contribution is 5.92. The number of carbonyl (C=O) groups is 1. The van der Waals surface area contributed by atoms with E-state index in [9.17, 15) is 9.90 Å². The maximum Gasteiger partial charge on any atom is 0.227 e. The van der Waals surface area contributed by atoms with Crippen molar-refractivity contribution in [2.45, 2.75) is 31.7 Å². The number of fused-ring (bicyclic) bond motifs is 1. The zero-order valence-corrected chi connectivity index (χ0v) is 18.8. The van der Waals surface area contributed by atoms with Crippen LogP contribution in [0.1, 0.15) is 31.7 Å². The summed E-state index contributed by atoms with van der Waals surface area (Å²) >= 11 is 0. The third-order valence-corrected chi connectivity index (χ3v) is 6.35. The molecule has 0 spiro atoms. The minimum atomic E-state index is -0.0558. The Balaban J connectivity index is 1.32. The van der Waals surface area contributed by atoms with Gasteiger partial charge in [-0.05, 0) is 49.9 Å². The molecular weight excluding hydrogens is 432 g/mol. The van der Waals surface area contributed by atoms with Crippen LogP contribution in [0.25, 0.3) is 22.6 Å². The molecule has 4 aromatic rings. The molecule has 9 nitrogen and oxygen atoms in total. The molecule has 0 saturated heterocycles. The highest BCUT2D eigenvalue weighted by Gasteiger charge is 2.28. The van der Waals surface area contributed by atoms with E-state index in [1.54, 1.807) is 31.6 Å². The largest absolute Gasteiger partial charge is 0.508 e. The number of hydrogen-bond donors (Lipinski definition) is 3. The molecule has 1 saturated carbocycles. The van der Waals surface area contributed by atoms with E-state index < -0.39 is 0 Å². The second kappa shape index (κ2) is 9.01. The number of nitrogens with one attached hydrogen (secondary N) is 1. The van der Waals surface area contributed by atoms with Gasteiger partial charge in [-0.1, -0.05) is 18.2 Å². The highest BCUT2D eigenvalue weighted by Crippen LogP contribution is 2.35. The molecule has 1 amide bonds. The van der Waals surface area contributed by atoms with Crippen LogP contribution in [0, 0.1) is 5.92 Å². The van der Waals surface area contributed by atoms with Crippen LogP contribution in [0.4, 0.5) is 11.5 Å². The molecule has 2 heterocycles. The molecular formula is C25H26N6O3. The maximum absolute atomic E-state index is 12.8. The number of methoxy groups -OCH3 is 1. The predicted molar refractivity (Wildman–Crippen MR) is 129 cm³/mol. The van der Waals surface area contributed by atoms with E-state index >= 15 is 0 Å². The van der Waals surface area contributed by atoms with Crippen LogP contribution >= 0.6 is 0 Å². The van der Waals surface area contributed by atoms with Crippen LogP contribution < -0.4 is 15.8 Å². The quantitative estimate of drug-likeness (QED) is 0.410. The second-order valence-corrected chi connectivity index (χ2v) is 8.53. The summed E-state index contributed by atoms with van der Waals surface area (Å²) in [4.78, 5) is 26.4. The first-order valence-corrected chi connectivity index (χ1v) is 11.3. The molecule has 0 bridgehead atoms. The summed E-state index contributed by atoms with van der Waals surface area (Å²) in [5, 5.41) is 12.8. The highest BCUT2D eigenvalue weighted by atomic mass is 16.5. The van der Waals surface area contributed by atoms with Crippen molar-refractivity contribution in [1.82, 2.24) is 19.5 Å². The average Bonchev–Trinajstić information content (AvgIpc) is 3.29. The van der Waals surface area contributed by atoms with Crippen LogP contribution in [0.15, 0.2) is 54.9 Å². The number of nitrogens with two attached hydrogens (primary N) is 1. The van der Waals surface area contributed by atoms with E-state index in [-0.39, 0.29) is 23.6 Å². The Bertz CT molecular complexity index is 1340. The summed E-state index contributed by atoms with van der Waals surface area (Å²) in [6.07, 6.45) is 4.93. The van der Waals surface area contributed by atoms with Crippen molar-refractivity contribution < 1.29 is 14.6 Å². The second-order valence-electron chi connectivity index (χ2n) is 8.53. The van der Waals surface area contributed by atoms with Gasteiger partial charge in [0.2, 0.25) is 5.91 Å². The van der Waals surface area contributed by atoms with Gasteiger partial charge in [0.25, 0.3) is 0 Å². The lowest BCUT2D eigenvalue weighted by Crippen LogP contribution is -2.28. The van der Waals surface area contributed by atoms with Crippen molar-refractivity contribution in [3.8, 4) is 22.9 Å². The molecule has 0 aliphatic heterocycles. The van der Waals surface area contributed by atoms with Gasteiger partial charge >= 0.3 is 0 Å². The van der Waals surface area contributed by atoms with Gasteiger partial charge in [0, 0.05) is 29.3 Å². The number of ether oxygens (including phenoxy) is 1. The van der Waals surface area contributed by atoms with Crippen molar-refractivity contribution >= 4 is 28.6 Å². The zero-order chi connectivity index (χ0) is 23.7. The normalized spacial score (nSPS) is 18.0. The maximum atomic E-state index is 12.8. The molecule has 9 heteroatoms. The molecule has 1 aliphatic carbocycles. The van der Waals surface area contributed by atoms with Crippen LogP contribution in [-0.2, 0) is 4.79 Å². The molecule has 174 valence electrons. The summed E-state index contributed by atoms with van der Waals surface area (Å²) in [6.45, 7) is 0. The molecule has 1 fully saturated rings. The van der Waals surface area contributed by atoms with E-state index in [1.165, 1.54) is 0 Å². The average molecular weight is 459 g/mol. The number of aromatic hydroxyl groups is 1. The number of phenolic OH excluding ortho intramolecular Hbond substituents is 1. The van der Waals surface area contributed by atoms with Gasteiger partial charge in [-0.15, -0.1) is 0 Å². The van der Waals surface area contributed by atoms with E-state index in [4.69, 9.17) is 15.5 Å². The Kier molecular flexibility index (Phi) is 5.75. The standard InChI is InChI=1S/C25H26N6O3/c1-34-20-7-3-5-17(13-20)28-25(33)15-8-10-18(11-9-15)31-14-27-21-22(26)29-23(30-24(21)31)16-4-2-6-19(32)12-16/h2-7,12-15,18,32H,8-11H2,1H3,(H,28,33)(H2,26,29,30)/t15-,18+. The number of nitrogens with zero attached hydrogens (tertiary/aromatic N) is 4. The molecule has 2 aromatic heterocycles. The van der Waals surface area contributed by atoms with Gasteiger partial charge in [-0.2, -0.15) is 0 Å². The summed E-state index contributed by atoms with van der Waals surface area (Å²) < 4.78 is 7.27. The zero-order valence-electron chi connectivity index (χ0n) is 18.8. The lowest BCUT2D eigenvalue weighted by molar-refractivity contribution is -0.120. The monoisotopic (exact) mass is 458 g/mol. The molecule has 4 N–H and O–H groups in total. The summed E-state index contributed by atoms with van der Waals surface area (Å²) in [5.74, 6) is 1.56. The number of rotatable bonds is 5. The van der Waals surface area contributed by atoms with Crippen LogP contribution in [0.5, 0.6) is 11.5 Å². The number of hydrogen-bond acceptors (Lipinski definition) is 7. The van der Waals surface area contributed by atoms with Crippen LogP contribution in [-0.4, -0.2) is 37.6 Å². The number of aromatic nitrogens is 4. The first-order valence-electron chi connectivity index (χ1n) is 11.3. The van der Waals surface area contributed by atoms with Gasteiger partial charge in [0.1, 0.15) is 17.0 Å². The van der Waals surface area contributed by atoms with Gasteiger partial charge in [0.05, 0.1) is 13.4 Å².